The van der Waals surface area contributed by atoms with Gasteiger partial charge in [0.15, 0.2) is 6.54 Å². The van der Waals surface area contributed by atoms with E-state index < -0.39 is 10.9 Å². The van der Waals surface area contributed by atoms with Gasteiger partial charge in [-0.2, -0.15) is 0 Å². The van der Waals surface area contributed by atoms with Crippen LogP contribution in [-0.4, -0.2) is 59.1 Å². The second-order valence-electron chi connectivity index (χ2n) is 4.36. The molecule has 0 amide bonds. The SMILES string of the molecule is O=C(O)C[N+](CCO)(CCO)c1ccc([N+](=O)[O-])cc1. The molecule has 20 heavy (non-hydrogen) atoms. The molecule has 0 spiro atoms. The van der Waals surface area contributed by atoms with E-state index in [0.717, 1.165) is 0 Å². The molecule has 0 aliphatic rings. The predicted octanol–water partition coefficient (Wildman–Crippen LogP) is -0.0287. The van der Waals surface area contributed by atoms with Crippen molar-refractivity contribution in [2.75, 3.05) is 32.8 Å². The van der Waals surface area contributed by atoms with Crippen molar-refractivity contribution < 1.29 is 25.0 Å². The van der Waals surface area contributed by atoms with Gasteiger partial charge in [-0.1, -0.05) is 0 Å². The average molecular weight is 285 g/mol. The van der Waals surface area contributed by atoms with E-state index in [0.29, 0.717) is 5.69 Å². The third-order valence-corrected chi connectivity index (χ3v) is 3.10. The molecule has 0 unspecified atom stereocenters. The van der Waals surface area contributed by atoms with E-state index in [1.165, 1.54) is 24.3 Å². The number of nitro benzene ring substituents is 1. The van der Waals surface area contributed by atoms with Crippen LogP contribution in [0.4, 0.5) is 11.4 Å². The number of aliphatic hydroxyl groups is 2. The zero-order valence-electron chi connectivity index (χ0n) is 10.8. The number of nitrogens with zero attached hydrogens (tertiary/aromatic N) is 2. The lowest BCUT2D eigenvalue weighted by Gasteiger charge is -2.35. The number of rotatable bonds is 8. The topological polar surface area (TPSA) is 121 Å². The van der Waals surface area contributed by atoms with Crippen LogP contribution in [0.2, 0.25) is 0 Å². The molecule has 0 aliphatic heterocycles. The molecule has 3 N–H and O–H groups in total. The van der Waals surface area contributed by atoms with Crippen LogP contribution in [-0.2, 0) is 4.79 Å². The van der Waals surface area contributed by atoms with Gasteiger partial charge >= 0.3 is 5.97 Å². The number of carboxylic acids is 1. The van der Waals surface area contributed by atoms with E-state index in [2.05, 4.69) is 0 Å². The summed E-state index contributed by atoms with van der Waals surface area (Å²) >= 11 is 0. The summed E-state index contributed by atoms with van der Waals surface area (Å²) in [7, 11) is 0. The Morgan fingerprint density at radius 1 is 1.15 bits per heavy atom. The molecule has 0 saturated carbocycles. The highest BCUT2D eigenvalue weighted by Crippen LogP contribution is 2.25. The Hall–Kier alpha value is -2.03. The fraction of sp³-hybridized carbons (Fsp3) is 0.417. The molecule has 0 radical (unpaired) electrons. The maximum atomic E-state index is 11.0. The van der Waals surface area contributed by atoms with Gasteiger partial charge in [0, 0.05) is 24.3 Å². The number of non-ortho nitro benzene ring substituents is 1. The molecule has 0 heterocycles. The molecule has 1 aromatic carbocycles. The van der Waals surface area contributed by atoms with Crippen molar-refractivity contribution in [3.63, 3.8) is 0 Å². The highest BCUT2D eigenvalue weighted by atomic mass is 16.6. The third-order valence-electron chi connectivity index (χ3n) is 3.10. The van der Waals surface area contributed by atoms with Crippen molar-refractivity contribution in [3.05, 3.63) is 34.4 Å². The number of hydrogen-bond acceptors (Lipinski definition) is 5. The summed E-state index contributed by atoms with van der Waals surface area (Å²) in [5.41, 5.74) is 0.399. The van der Waals surface area contributed by atoms with Crippen LogP contribution in [0.25, 0.3) is 0 Å². The molecule has 0 aliphatic carbocycles. The van der Waals surface area contributed by atoms with Crippen molar-refractivity contribution in [3.8, 4) is 0 Å². The number of quaternary nitrogens is 1. The van der Waals surface area contributed by atoms with Crippen LogP contribution in [0.15, 0.2) is 24.3 Å². The first kappa shape index (κ1) is 16.0. The van der Waals surface area contributed by atoms with Crippen molar-refractivity contribution in [1.29, 1.82) is 0 Å². The van der Waals surface area contributed by atoms with Gasteiger partial charge in [-0.15, -0.1) is 0 Å². The zero-order valence-corrected chi connectivity index (χ0v) is 10.8. The number of aliphatic carboxylic acids is 1. The number of carbonyl (C=O) groups is 1. The maximum absolute atomic E-state index is 11.0. The highest BCUT2D eigenvalue weighted by molar-refractivity contribution is 5.72. The molecule has 1 aromatic rings. The lowest BCUT2D eigenvalue weighted by Crippen LogP contribution is -2.55. The fourth-order valence-electron chi connectivity index (χ4n) is 2.15. The van der Waals surface area contributed by atoms with Crippen molar-refractivity contribution in [1.82, 2.24) is 4.48 Å². The van der Waals surface area contributed by atoms with E-state index >= 15 is 0 Å². The van der Waals surface area contributed by atoms with Gasteiger partial charge in [-0.25, -0.2) is 4.79 Å². The van der Waals surface area contributed by atoms with Crippen LogP contribution in [0, 0.1) is 10.1 Å². The van der Waals surface area contributed by atoms with Crippen molar-refractivity contribution in [2.45, 2.75) is 0 Å². The number of aliphatic hydroxyl groups excluding tert-OH is 2. The molecule has 8 heteroatoms. The van der Waals surface area contributed by atoms with Gasteiger partial charge in [-0.3, -0.25) is 14.6 Å². The number of carboxylic acid groups (broad SMARTS) is 1. The molecule has 0 aromatic heterocycles. The summed E-state index contributed by atoms with van der Waals surface area (Å²) in [5, 5.41) is 37.9. The Morgan fingerprint density at radius 2 is 1.65 bits per heavy atom. The van der Waals surface area contributed by atoms with Crippen LogP contribution >= 0.6 is 0 Å². The zero-order chi connectivity index (χ0) is 15.2. The Balaban J connectivity index is 3.19. The van der Waals surface area contributed by atoms with Gasteiger partial charge < -0.3 is 15.3 Å². The molecular formula is C12H17N2O6+. The minimum atomic E-state index is -1.08. The Kier molecular flexibility index (Phi) is 5.56. The number of hydrogen-bond donors (Lipinski definition) is 3. The Labute approximate surface area is 115 Å². The summed E-state index contributed by atoms with van der Waals surface area (Å²) in [6.45, 7) is -0.636. The molecule has 0 fully saturated rings. The van der Waals surface area contributed by atoms with Crippen molar-refractivity contribution in [2.24, 2.45) is 0 Å². The standard InChI is InChI=1S/C12H16N2O6/c15-7-5-14(6-8-16,9-12(17)18)11-3-1-10(2-4-11)13(19)20/h1-4,15-16H,5-9H2/p+1. The monoisotopic (exact) mass is 285 g/mol. The summed E-state index contributed by atoms with van der Waals surface area (Å²) in [4.78, 5) is 21.1. The normalized spacial score (nSPS) is 11.3. The second kappa shape index (κ2) is 6.94. The summed E-state index contributed by atoms with van der Waals surface area (Å²) < 4.78 is -0.166. The fourth-order valence-corrected chi connectivity index (χ4v) is 2.15. The van der Waals surface area contributed by atoms with E-state index in [4.69, 9.17) is 15.3 Å². The maximum Gasteiger partial charge on any atom is 0.359 e. The van der Waals surface area contributed by atoms with Crippen LogP contribution in [0.3, 0.4) is 0 Å². The number of nitro groups is 1. The van der Waals surface area contributed by atoms with E-state index in [1.54, 1.807) is 0 Å². The molecule has 1 rings (SSSR count). The van der Waals surface area contributed by atoms with Crippen molar-refractivity contribution >= 4 is 17.3 Å². The molecule has 8 nitrogen and oxygen atoms in total. The van der Waals surface area contributed by atoms with Crippen LogP contribution in [0.1, 0.15) is 0 Å². The van der Waals surface area contributed by atoms with Gasteiger partial charge in [-0.05, 0) is 0 Å². The summed E-state index contributed by atoms with van der Waals surface area (Å²) in [6.07, 6.45) is 0. The van der Waals surface area contributed by atoms with E-state index in [1.807, 2.05) is 0 Å². The molecule has 110 valence electrons. The molecule has 0 saturated heterocycles. The first-order valence-electron chi connectivity index (χ1n) is 6.00. The molecular weight excluding hydrogens is 268 g/mol. The third kappa shape index (κ3) is 3.73. The minimum absolute atomic E-state index is 0.102. The smallest absolute Gasteiger partial charge is 0.359 e. The van der Waals surface area contributed by atoms with Gasteiger partial charge in [0.05, 0.1) is 18.1 Å². The lowest BCUT2D eigenvalue weighted by molar-refractivity contribution is -0.384. The summed E-state index contributed by atoms with van der Waals surface area (Å²) in [5.74, 6) is -1.08. The van der Waals surface area contributed by atoms with Crippen LogP contribution in [0.5, 0.6) is 0 Å². The predicted molar refractivity (Wildman–Crippen MR) is 71.3 cm³/mol. The first-order chi connectivity index (χ1) is 9.45. The quantitative estimate of drug-likeness (QED) is 0.350. The largest absolute Gasteiger partial charge is 0.477 e. The van der Waals surface area contributed by atoms with Gasteiger partial charge in [0.25, 0.3) is 5.69 Å². The minimum Gasteiger partial charge on any atom is -0.477 e. The second-order valence-corrected chi connectivity index (χ2v) is 4.36. The Bertz CT molecular complexity index is 467. The first-order valence-corrected chi connectivity index (χ1v) is 6.00. The highest BCUT2D eigenvalue weighted by Gasteiger charge is 2.32. The molecule has 0 atom stereocenters. The summed E-state index contributed by atoms with van der Waals surface area (Å²) in [6, 6.07) is 5.46. The average Bonchev–Trinajstić information content (AvgIpc) is 2.38. The number of benzene rings is 1. The van der Waals surface area contributed by atoms with Crippen LogP contribution < -0.4 is 4.48 Å². The lowest BCUT2D eigenvalue weighted by atomic mass is 10.2. The van der Waals surface area contributed by atoms with E-state index in [9.17, 15) is 14.9 Å². The van der Waals surface area contributed by atoms with E-state index in [-0.39, 0.29) is 43.0 Å². The van der Waals surface area contributed by atoms with Gasteiger partial charge in [0.1, 0.15) is 18.8 Å². The van der Waals surface area contributed by atoms with Gasteiger partial charge in [0.2, 0.25) is 0 Å². The Morgan fingerprint density at radius 3 is 2.00 bits per heavy atom. The molecule has 0 bridgehead atoms.